The number of amides is 2. The maximum absolute atomic E-state index is 12.9. The number of rotatable bonds is 3. The largest absolute Gasteiger partial charge is 0.443 e. The first kappa shape index (κ1) is 19.9. The molecule has 6 nitrogen and oxygen atoms in total. The zero-order chi connectivity index (χ0) is 20.3. The molecule has 3 rings (SSSR count). The Kier molecular flexibility index (Phi) is 5.68. The zero-order valence-corrected chi connectivity index (χ0v) is 16.9. The summed E-state index contributed by atoms with van der Waals surface area (Å²) in [6.07, 6.45) is 3.18. The standard InChI is InChI=1S/C22H27N3O3/c1-16(26)24-14-8-11-19(24)17-12-13-20(23-15-17)25(18-9-6-5-7-10-18)21(27)28-22(2,3)4/h5-7,9-10,12-13,15,19H,8,11,14H2,1-4H3/t19-/m0/s1. The number of carbonyl (C=O) groups is 2. The van der Waals surface area contributed by atoms with Gasteiger partial charge in [0.2, 0.25) is 5.91 Å². The summed E-state index contributed by atoms with van der Waals surface area (Å²) in [4.78, 5) is 32.6. The van der Waals surface area contributed by atoms with Crippen LogP contribution in [0.3, 0.4) is 0 Å². The van der Waals surface area contributed by atoms with E-state index in [4.69, 9.17) is 4.74 Å². The van der Waals surface area contributed by atoms with Crippen molar-refractivity contribution in [3.8, 4) is 0 Å². The molecule has 1 saturated heterocycles. The lowest BCUT2D eigenvalue weighted by Crippen LogP contribution is -2.34. The van der Waals surface area contributed by atoms with Crippen LogP contribution in [-0.4, -0.2) is 34.0 Å². The van der Waals surface area contributed by atoms with Crippen LogP contribution in [0.2, 0.25) is 0 Å². The highest BCUT2D eigenvalue weighted by Gasteiger charge is 2.29. The van der Waals surface area contributed by atoms with Crippen LogP contribution in [0.5, 0.6) is 0 Å². The highest BCUT2D eigenvalue weighted by atomic mass is 16.6. The van der Waals surface area contributed by atoms with E-state index in [1.54, 1.807) is 13.1 Å². The van der Waals surface area contributed by atoms with Gasteiger partial charge in [-0.1, -0.05) is 24.3 Å². The minimum absolute atomic E-state index is 0.0470. The van der Waals surface area contributed by atoms with Crippen LogP contribution in [0.15, 0.2) is 48.7 Å². The molecule has 148 valence electrons. The Hall–Kier alpha value is -2.89. The summed E-state index contributed by atoms with van der Waals surface area (Å²) >= 11 is 0. The van der Waals surface area contributed by atoms with Gasteiger partial charge in [0.05, 0.1) is 11.7 Å². The molecule has 0 spiro atoms. The van der Waals surface area contributed by atoms with E-state index >= 15 is 0 Å². The summed E-state index contributed by atoms with van der Waals surface area (Å²) in [6.45, 7) is 7.87. The van der Waals surface area contributed by atoms with Gasteiger partial charge in [-0.2, -0.15) is 0 Å². The molecule has 0 radical (unpaired) electrons. The van der Waals surface area contributed by atoms with Gasteiger partial charge in [0, 0.05) is 19.7 Å². The lowest BCUT2D eigenvalue weighted by molar-refractivity contribution is -0.129. The molecule has 2 heterocycles. The molecule has 1 aliphatic rings. The number of para-hydroxylation sites is 1. The van der Waals surface area contributed by atoms with Gasteiger partial charge in [-0.05, 0) is 57.4 Å². The summed E-state index contributed by atoms with van der Waals surface area (Å²) < 4.78 is 5.58. The SMILES string of the molecule is CC(=O)N1CCC[C@H]1c1ccc(N(C(=O)OC(C)(C)C)c2ccccc2)nc1. The zero-order valence-electron chi connectivity index (χ0n) is 16.9. The fraction of sp³-hybridized carbons (Fsp3) is 0.409. The topological polar surface area (TPSA) is 62.7 Å². The Labute approximate surface area is 166 Å². The van der Waals surface area contributed by atoms with E-state index in [2.05, 4.69) is 4.98 Å². The molecule has 1 atom stereocenters. The minimum Gasteiger partial charge on any atom is -0.443 e. The highest BCUT2D eigenvalue weighted by molar-refractivity contribution is 5.95. The number of carbonyl (C=O) groups excluding carboxylic acids is 2. The van der Waals surface area contributed by atoms with E-state index in [0.717, 1.165) is 24.9 Å². The molecule has 2 aromatic rings. The van der Waals surface area contributed by atoms with E-state index in [1.807, 2.05) is 68.1 Å². The quantitative estimate of drug-likeness (QED) is 0.763. The molecule has 1 aliphatic heterocycles. The van der Waals surface area contributed by atoms with Gasteiger partial charge in [-0.3, -0.25) is 4.79 Å². The predicted molar refractivity (Wildman–Crippen MR) is 108 cm³/mol. The van der Waals surface area contributed by atoms with E-state index in [1.165, 1.54) is 4.90 Å². The average molecular weight is 381 g/mol. The van der Waals surface area contributed by atoms with Crippen molar-refractivity contribution in [3.63, 3.8) is 0 Å². The van der Waals surface area contributed by atoms with Crippen LogP contribution in [-0.2, 0) is 9.53 Å². The van der Waals surface area contributed by atoms with E-state index in [0.29, 0.717) is 11.5 Å². The number of pyridine rings is 1. The number of likely N-dealkylation sites (tertiary alicyclic amines) is 1. The maximum Gasteiger partial charge on any atom is 0.420 e. The average Bonchev–Trinajstić information content (AvgIpc) is 3.12. The number of aromatic nitrogens is 1. The van der Waals surface area contributed by atoms with Crippen molar-refractivity contribution in [2.24, 2.45) is 0 Å². The summed E-state index contributed by atoms with van der Waals surface area (Å²) in [5, 5.41) is 0. The van der Waals surface area contributed by atoms with Crippen molar-refractivity contribution in [3.05, 3.63) is 54.2 Å². The Morgan fingerprint density at radius 3 is 2.43 bits per heavy atom. The first-order valence-electron chi connectivity index (χ1n) is 9.57. The monoisotopic (exact) mass is 381 g/mol. The third-order valence-electron chi connectivity index (χ3n) is 4.63. The Morgan fingerprint density at radius 2 is 1.86 bits per heavy atom. The molecule has 1 aromatic heterocycles. The van der Waals surface area contributed by atoms with Crippen molar-refractivity contribution in [2.45, 2.75) is 52.2 Å². The molecular formula is C22H27N3O3. The van der Waals surface area contributed by atoms with Crippen LogP contribution in [0.25, 0.3) is 0 Å². The van der Waals surface area contributed by atoms with Crippen LogP contribution in [0, 0.1) is 0 Å². The van der Waals surface area contributed by atoms with E-state index < -0.39 is 11.7 Å². The van der Waals surface area contributed by atoms with Crippen molar-refractivity contribution < 1.29 is 14.3 Å². The fourth-order valence-corrected chi connectivity index (χ4v) is 3.43. The van der Waals surface area contributed by atoms with E-state index in [-0.39, 0.29) is 11.9 Å². The smallest absolute Gasteiger partial charge is 0.420 e. The van der Waals surface area contributed by atoms with Gasteiger partial charge < -0.3 is 9.64 Å². The first-order chi connectivity index (χ1) is 13.3. The number of hydrogen-bond donors (Lipinski definition) is 0. The molecule has 0 bridgehead atoms. The summed E-state index contributed by atoms with van der Waals surface area (Å²) in [6, 6.07) is 13.1. The third-order valence-corrected chi connectivity index (χ3v) is 4.63. The molecule has 0 N–H and O–H groups in total. The van der Waals surface area contributed by atoms with Gasteiger partial charge >= 0.3 is 6.09 Å². The van der Waals surface area contributed by atoms with E-state index in [9.17, 15) is 9.59 Å². The molecule has 0 unspecified atom stereocenters. The Balaban J connectivity index is 1.90. The number of hydrogen-bond acceptors (Lipinski definition) is 4. The molecule has 0 aliphatic carbocycles. The molecule has 0 saturated carbocycles. The third kappa shape index (κ3) is 4.50. The minimum atomic E-state index is -0.615. The molecule has 1 fully saturated rings. The number of ether oxygens (including phenoxy) is 1. The fourth-order valence-electron chi connectivity index (χ4n) is 3.43. The first-order valence-corrected chi connectivity index (χ1v) is 9.57. The molecule has 2 amide bonds. The molecule has 28 heavy (non-hydrogen) atoms. The number of nitrogens with zero attached hydrogens (tertiary/aromatic N) is 3. The van der Waals surface area contributed by atoms with Crippen molar-refractivity contribution >= 4 is 23.5 Å². The Morgan fingerprint density at radius 1 is 1.14 bits per heavy atom. The molecule has 6 heteroatoms. The lowest BCUT2D eigenvalue weighted by atomic mass is 10.1. The van der Waals surface area contributed by atoms with Crippen molar-refractivity contribution in [1.29, 1.82) is 0 Å². The molecule has 1 aromatic carbocycles. The van der Waals surface area contributed by atoms with Crippen LogP contribution < -0.4 is 4.90 Å². The summed E-state index contributed by atoms with van der Waals surface area (Å²) in [7, 11) is 0. The van der Waals surface area contributed by atoms with Gasteiger partial charge in [0.25, 0.3) is 0 Å². The number of benzene rings is 1. The summed E-state index contributed by atoms with van der Waals surface area (Å²) in [5.41, 5.74) is 1.05. The molecular weight excluding hydrogens is 354 g/mol. The predicted octanol–water partition coefficient (Wildman–Crippen LogP) is 4.84. The van der Waals surface area contributed by atoms with Gasteiger partial charge in [0.15, 0.2) is 0 Å². The van der Waals surface area contributed by atoms with Gasteiger partial charge in [0.1, 0.15) is 11.4 Å². The van der Waals surface area contributed by atoms with Gasteiger partial charge in [-0.25, -0.2) is 14.7 Å². The maximum atomic E-state index is 12.9. The van der Waals surface area contributed by atoms with Crippen LogP contribution >= 0.6 is 0 Å². The Bertz CT molecular complexity index is 828. The lowest BCUT2D eigenvalue weighted by Gasteiger charge is -2.27. The highest BCUT2D eigenvalue weighted by Crippen LogP contribution is 2.33. The van der Waals surface area contributed by atoms with Crippen LogP contribution in [0.4, 0.5) is 16.3 Å². The summed E-state index contributed by atoms with van der Waals surface area (Å²) in [5.74, 6) is 0.558. The normalized spacial score (nSPS) is 16.7. The van der Waals surface area contributed by atoms with Gasteiger partial charge in [-0.15, -0.1) is 0 Å². The number of anilines is 2. The van der Waals surface area contributed by atoms with Crippen molar-refractivity contribution in [2.75, 3.05) is 11.4 Å². The van der Waals surface area contributed by atoms with Crippen molar-refractivity contribution in [1.82, 2.24) is 9.88 Å². The second-order valence-electron chi connectivity index (χ2n) is 7.97. The second-order valence-corrected chi connectivity index (χ2v) is 7.97. The van der Waals surface area contributed by atoms with Crippen LogP contribution in [0.1, 0.15) is 52.1 Å². The second kappa shape index (κ2) is 8.00.